The second kappa shape index (κ2) is 12.0. The second-order valence-electron chi connectivity index (χ2n) is 8.38. The van der Waals surface area contributed by atoms with Crippen molar-refractivity contribution in [2.45, 2.75) is 42.7 Å². The summed E-state index contributed by atoms with van der Waals surface area (Å²) in [6.45, 7) is 0.305. The van der Waals surface area contributed by atoms with Gasteiger partial charge in [-0.2, -0.15) is 4.72 Å². The smallest absolute Gasteiger partial charge is 0.243 e. The van der Waals surface area contributed by atoms with Crippen LogP contribution >= 0.6 is 0 Å². The van der Waals surface area contributed by atoms with Crippen molar-refractivity contribution >= 4 is 38.6 Å². The van der Waals surface area contributed by atoms with Gasteiger partial charge in [-0.15, -0.1) is 0 Å². The van der Waals surface area contributed by atoms with Crippen molar-refractivity contribution in [2.75, 3.05) is 26.2 Å². The molecule has 1 fully saturated rings. The third-order valence-electron chi connectivity index (χ3n) is 5.87. The summed E-state index contributed by atoms with van der Waals surface area (Å²) in [5.74, 6) is -0.744. The molecule has 0 saturated carbocycles. The van der Waals surface area contributed by atoms with Crippen LogP contribution in [-0.4, -0.2) is 74.5 Å². The Balaban J connectivity index is 1.63. The number of aliphatic hydroxyl groups is 1. The van der Waals surface area contributed by atoms with Gasteiger partial charge in [-0.1, -0.05) is 36.4 Å². The highest BCUT2D eigenvalue weighted by molar-refractivity contribution is 7.89. The molecule has 7 N–H and O–H groups in total. The highest BCUT2D eigenvalue weighted by Crippen LogP contribution is 2.23. The third kappa shape index (κ3) is 6.90. The van der Waals surface area contributed by atoms with Gasteiger partial charge in [0.05, 0.1) is 11.5 Å². The van der Waals surface area contributed by atoms with E-state index in [9.17, 15) is 23.1 Å². The van der Waals surface area contributed by atoms with Gasteiger partial charge in [-0.25, -0.2) is 8.42 Å². The van der Waals surface area contributed by atoms with Crippen molar-refractivity contribution < 1.29 is 23.1 Å². The average Bonchev–Trinajstić information content (AvgIpc) is 3.31. The predicted molar refractivity (Wildman–Crippen MR) is 133 cm³/mol. The topological polar surface area (TPSA) is 180 Å². The van der Waals surface area contributed by atoms with Crippen LogP contribution in [0.2, 0.25) is 0 Å². The zero-order chi connectivity index (χ0) is 25.4. The van der Waals surface area contributed by atoms with Crippen LogP contribution in [0.15, 0.2) is 52.4 Å². The number of nitrogens with zero attached hydrogens (tertiary/aromatic N) is 2. The Bertz CT molecular complexity index is 1180. The number of aliphatic imine (C=N–C) groups is 1. The number of rotatable bonds is 11. The molecule has 2 aromatic carbocycles. The van der Waals surface area contributed by atoms with E-state index < -0.39 is 28.6 Å². The van der Waals surface area contributed by atoms with Gasteiger partial charge >= 0.3 is 0 Å². The SMILES string of the molecule is NC(N)=NCCCC(=O)NC[C@@H]1CCCN1C(=O)[C@H](CO)NS(=O)(=O)c1cccc2ccccc12. The lowest BCUT2D eigenvalue weighted by Crippen LogP contribution is -2.53. The quantitative estimate of drug-likeness (QED) is 0.157. The summed E-state index contributed by atoms with van der Waals surface area (Å²) in [4.78, 5) is 30.7. The van der Waals surface area contributed by atoms with Crippen molar-refractivity contribution in [1.29, 1.82) is 0 Å². The third-order valence-corrected chi connectivity index (χ3v) is 7.40. The monoisotopic (exact) mass is 504 g/mol. The zero-order valence-corrected chi connectivity index (χ0v) is 20.2. The van der Waals surface area contributed by atoms with Gasteiger partial charge in [-0.05, 0) is 30.7 Å². The van der Waals surface area contributed by atoms with Crippen LogP contribution in [0, 0.1) is 0 Å². The van der Waals surface area contributed by atoms with Gasteiger partial charge in [0, 0.05) is 37.5 Å². The molecular weight excluding hydrogens is 472 g/mol. The largest absolute Gasteiger partial charge is 0.394 e. The summed E-state index contributed by atoms with van der Waals surface area (Å²) in [7, 11) is -4.09. The molecule has 0 aromatic heterocycles. The molecule has 0 spiro atoms. The predicted octanol–water partition coefficient (Wildman–Crippen LogP) is -0.360. The van der Waals surface area contributed by atoms with Gasteiger partial charge in [0.2, 0.25) is 21.8 Å². The Labute approximate surface area is 204 Å². The molecule has 3 rings (SSSR count). The van der Waals surface area contributed by atoms with Crippen molar-refractivity contribution in [1.82, 2.24) is 14.9 Å². The molecule has 0 unspecified atom stereocenters. The van der Waals surface area contributed by atoms with Gasteiger partial charge in [-0.3, -0.25) is 14.6 Å². The van der Waals surface area contributed by atoms with Crippen LogP contribution in [0.25, 0.3) is 10.8 Å². The molecule has 12 heteroatoms. The van der Waals surface area contributed by atoms with Crippen LogP contribution < -0.4 is 21.5 Å². The molecule has 0 radical (unpaired) electrons. The first-order valence-corrected chi connectivity index (χ1v) is 12.9. The van der Waals surface area contributed by atoms with Crippen LogP contribution in [-0.2, 0) is 19.6 Å². The Morgan fingerprint density at radius 2 is 1.91 bits per heavy atom. The molecule has 190 valence electrons. The summed E-state index contributed by atoms with van der Waals surface area (Å²) in [5, 5.41) is 13.9. The fourth-order valence-electron chi connectivity index (χ4n) is 4.15. The highest BCUT2D eigenvalue weighted by atomic mass is 32.2. The number of likely N-dealkylation sites (tertiary alicyclic amines) is 1. The fraction of sp³-hybridized carbons (Fsp3) is 0.435. The number of carbonyl (C=O) groups is 2. The molecule has 2 aromatic rings. The van der Waals surface area contributed by atoms with Crippen LogP contribution in [0.4, 0.5) is 0 Å². The van der Waals surface area contributed by atoms with Crippen LogP contribution in [0.5, 0.6) is 0 Å². The Morgan fingerprint density at radius 1 is 1.17 bits per heavy atom. The number of benzene rings is 2. The first-order valence-electron chi connectivity index (χ1n) is 11.5. The second-order valence-corrected chi connectivity index (χ2v) is 10.1. The van der Waals surface area contributed by atoms with Gasteiger partial charge in [0.1, 0.15) is 6.04 Å². The van der Waals surface area contributed by atoms with E-state index >= 15 is 0 Å². The fourth-order valence-corrected chi connectivity index (χ4v) is 5.56. The standard InChI is InChI=1S/C23H32N6O5S/c24-23(25)26-12-4-11-21(31)27-14-17-8-5-13-29(17)22(32)19(15-30)28-35(33,34)20-10-3-7-16-6-1-2-9-18(16)20/h1-3,6-7,9-10,17,19,28,30H,4-5,8,11-15H2,(H,27,31)(H4,24,25,26)/t17-,19-/m0/s1. The number of hydrogen-bond donors (Lipinski definition) is 5. The minimum Gasteiger partial charge on any atom is -0.394 e. The minimum absolute atomic E-state index is 0.0277. The molecule has 0 bridgehead atoms. The first-order chi connectivity index (χ1) is 16.7. The molecule has 2 amide bonds. The molecule has 1 aliphatic rings. The number of carbonyl (C=O) groups excluding carboxylic acids is 2. The lowest BCUT2D eigenvalue weighted by atomic mass is 10.1. The van der Waals surface area contributed by atoms with E-state index in [2.05, 4.69) is 15.0 Å². The number of nitrogens with one attached hydrogen (secondary N) is 2. The molecule has 1 saturated heterocycles. The minimum atomic E-state index is -4.09. The van der Waals surface area contributed by atoms with Gasteiger partial charge in [0.25, 0.3) is 0 Å². The molecule has 1 heterocycles. The molecule has 11 nitrogen and oxygen atoms in total. The Morgan fingerprint density at radius 3 is 2.66 bits per heavy atom. The molecule has 1 aliphatic heterocycles. The number of guanidine groups is 1. The number of aliphatic hydroxyl groups excluding tert-OH is 1. The van der Waals surface area contributed by atoms with Crippen LogP contribution in [0.1, 0.15) is 25.7 Å². The van der Waals surface area contributed by atoms with Crippen molar-refractivity contribution in [2.24, 2.45) is 16.5 Å². The Kier molecular flexibility index (Phi) is 9.01. The molecule has 2 atom stereocenters. The van der Waals surface area contributed by atoms with Crippen molar-refractivity contribution in [3.8, 4) is 0 Å². The number of sulfonamides is 1. The zero-order valence-electron chi connectivity index (χ0n) is 19.4. The van der Waals surface area contributed by atoms with Crippen molar-refractivity contribution in [3.05, 3.63) is 42.5 Å². The molecule has 35 heavy (non-hydrogen) atoms. The van der Waals surface area contributed by atoms with E-state index in [0.29, 0.717) is 37.7 Å². The van der Waals surface area contributed by atoms with Crippen LogP contribution in [0.3, 0.4) is 0 Å². The lowest BCUT2D eigenvalue weighted by Gasteiger charge is -2.28. The van der Waals surface area contributed by atoms with Crippen molar-refractivity contribution in [3.63, 3.8) is 0 Å². The summed E-state index contributed by atoms with van der Waals surface area (Å²) >= 11 is 0. The summed E-state index contributed by atoms with van der Waals surface area (Å²) in [5.41, 5.74) is 10.5. The number of nitrogens with two attached hydrogens (primary N) is 2. The maximum atomic E-state index is 13.2. The summed E-state index contributed by atoms with van der Waals surface area (Å²) < 4.78 is 28.6. The van der Waals surface area contributed by atoms with E-state index in [0.717, 1.165) is 5.39 Å². The number of hydrogen-bond acceptors (Lipinski definition) is 6. The lowest BCUT2D eigenvalue weighted by molar-refractivity contribution is -0.135. The number of amides is 2. The molecular formula is C23H32N6O5S. The summed E-state index contributed by atoms with van der Waals surface area (Å²) in [6.07, 6.45) is 2.10. The first kappa shape index (κ1) is 26.4. The molecule has 0 aliphatic carbocycles. The van der Waals surface area contributed by atoms with E-state index in [-0.39, 0.29) is 35.8 Å². The number of fused-ring (bicyclic) bond motifs is 1. The van der Waals surface area contributed by atoms with E-state index in [4.69, 9.17) is 11.5 Å². The maximum absolute atomic E-state index is 13.2. The van der Waals surface area contributed by atoms with E-state index in [1.165, 1.54) is 11.0 Å². The summed E-state index contributed by atoms with van der Waals surface area (Å²) in [6, 6.07) is 10.3. The highest BCUT2D eigenvalue weighted by Gasteiger charge is 2.35. The van der Waals surface area contributed by atoms with E-state index in [1.54, 1.807) is 30.3 Å². The van der Waals surface area contributed by atoms with E-state index in [1.807, 2.05) is 6.07 Å². The normalized spacial score (nSPS) is 16.7. The average molecular weight is 505 g/mol. The van der Waals surface area contributed by atoms with Gasteiger partial charge in [0.15, 0.2) is 5.96 Å². The Hall–Kier alpha value is -3.22. The van der Waals surface area contributed by atoms with Gasteiger partial charge < -0.3 is 26.8 Å². The maximum Gasteiger partial charge on any atom is 0.243 e.